The SMILES string of the molecule is COc1cc(NC(=O)C(C)Sc2nc3ccccc3c(=O)n2-c2cccc(Cl)c2)cc(OC)c1. The first kappa shape index (κ1) is 23.7. The molecule has 4 rings (SSSR count). The molecule has 0 radical (unpaired) electrons. The molecule has 7 nitrogen and oxygen atoms in total. The van der Waals surface area contributed by atoms with Crippen molar-refractivity contribution in [1.29, 1.82) is 0 Å². The fraction of sp³-hybridized carbons (Fsp3) is 0.160. The number of hydrogen-bond acceptors (Lipinski definition) is 6. The Kier molecular flexibility index (Phi) is 7.09. The molecule has 0 spiro atoms. The summed E-state index contributed by atoms with van der Waals surface area (Å²) in [4.78, 5) is 31.1. The molecule has 0 bridgehead atoms. The number of carbonyl (C=O) groups is 1. The number of aromatic nitrogens is 2. The summed E-state index contributed by atoms with van der Waals surface area (Å²) in [5, 5.41) is 3.66. The van der Waals surface area contributed by atoms with Crippen LogP contribution in [0.1, 0.15) is 6.92 Å². The van der Waals surface area contributed by atoms with Crippen LogP contribution in [0, 0.1) is 0 Å². The van der Waals surface area contributed by atoms with Crippen LogP contribution in [0.25, 0.3) is 16.6 Å². The van der Waals surface area contributed by atoms with E-state index in [-0.39, 0.29) is 11.5 Å². The molecule has 1 N–H and O–H groups in total. The topological polar surface area (TPSA) is 82.5 Å². The Labute approximate surface area is 205 Å². The predicted molar refractivity (Wildman–Crippen MR) is 136 cm³/mol. The third kappa shape index (κ3) is 5.03. The highest BCUT2D eigenvalue weighted by Crippen LogP contribution is 2.29. The smallest absolute Gasteiger partial charge is 0.266 e. The third-order valence-corrected chi connectivity index (χ3v) is 6.37. The quantitative estimate of drug-likeness (QED) is 0.281. The molecule has 3 aromatic carbocycles. The fourth-order valence-corrected chi connectivity index (χ4v) is 4.48. The van der Waals surface area contributed by atoms with Crippen LogP contribution in [0.5, 0.6) is 11.5 Å². The van der Waals surface area contributed by atoms with Gasteiger partial charge >= 0.3 is 0 Å². The Hall–Kier alpha value is -3.49. The number of rotatable bonds is 7. The second kappa shape index (κ2) is 10.2. The summed E-state index contributed by atoms with van der Waals surface area (Å²) >= 11 is 7.37. The van der Waals surface area contributed by atoms with Gasteiger partial charge in [0.2, 0.25) is 5.91 Å². The first-order chi connectivity index (χ1) is 16.4. The van der Waals surface area contributed by atoms with Crippen molar-refractivity contribution < 1.29 is 14.3 Å². The minimum atomic E-state index is -0.573. The highest BCUT2D eigenvalue weighted by atomic mass is 35.5. The summed E-state index contributed by atoms with van der Waals surface area (Å²) in [7, 11) is 3.08. The number of halogens is 1. The maximum Gasteiger partial charge on any atom is 0.266 e. The van der Waals surface area contributed by atoms with Crippen molar-refractivity contribution in [2.45, 2.75) is 17.3 Å². The van der Waals surface area contributed by atoms with E-state index < -0.39 is 5.25 Å². The lowest BCUT2D eigenvalue weighted by molar-refractivity contribution is -0.115. The Morgan fingerprint density at radius 3 is 2.41 bits per heavy atom. The number of carbonyl (C=O) groups excluding carboxylic acids is 1. The van der Waals surface area contributed by atoms with Gasteiger partial charge in [-0.15, -0.1) is 0 Å². The number of benzene rings is 3. The van der Waals surface area contributed by atoms with E-state index >= 15 is 0 Å². The molecule has 0 saturated carbocycles. The van der Waals surface area contributed by atoms with Crippen LogP contribution in [0.4, 0.5) is 5.69 Å². The molecule has 34 heavy (non-hydrogen) atoms. The van der Waals surface area contributed by atoms with Crippen molar-refractivity contribution in [3.05, 3.63) is 82.1 Å². The van der Waals surface area contributed by atoms with Crippen molar-refractivity contribution in [3.8, 4) is 17.2 Å². The fourth-order valence-electron chi connectivity index (χ4n) is 3.37. The summed E-state index contributed by atoms with van der Waals surface area (Å²) in [6, 6.07) is 19.2. The summed E-state index contributed by atoms with van der Waals surface area (Å²) in [5.41, 5.74) is 1.43. The zero-order valence-corrected chi connectivity index (χ0v) is 20.3. The van der Waals surface area contributed by atoms with Crippen LogP contribution in [-0.2, 0) is 4.79 Å². The third-order valence-electron chi connectivity index (χ3n) is 5.08. The number of fused-ring (bicyclic) bond motifs is 1. The normalized spacial score (nSPS) is 11.8. The highest BCUT2D eigenvalue weighted by molar-refractivity contribution is 8.00. The van der Waals surface area contributed by atoms with Crippen LogP contribution >= 0.6 is 23.4 Å². The summed E-state index contributed by atoms with van der Waals surface area (Å²) in [6.45, 7) is 1.75. The van der Waals surface area contributed by atoms with Gasteiger partial charge in [-0.05, 0) is 37.3 Å². The molecule has 1 aromatic heterocycles. The van der Waals surface area contributed by atoms with Gasteiger partial charge in [-0.3, -0.25) is 14.2 Å². The molecule has 1 unspecified atom stereocenters. The van der Waals surface area contributed by atoms with E-state index in [1.54, 1.807) is 81.8 Å². The summed E-state index contributed by atoms with van der Waals surface area (Å²) < 4.78 is 12.0. The van der Waals surface area contributed by atoms with Crippen LogP contribution in [0.2, 0.25) is 5.02 Å². The van der Waals surface area contributed by atoms with Gasteiger partial charge in [-0.2, -0.15) is 0 Å². The maximum absolute atomic E-state index is 13.4. The van der Waals surface area contributed by atoms with Crippen molar-refractivity contribution in [2.24, 2.45) is 0 Å². The lowest BCUT2D eigenvalue weighted by Gasteiger charge is -2.17. The van der Waals surface area contributed by atoms with Gasteiger partial charge in [0.05, 0.1) is 36.1 Å². The van der Waals surface area contributed by atoms with E-state index in [1.807, 2.05) is 6.07 Å². The van der Waals surface area contributed by atoms with Gasteiger partial charge < -0.3 is 14.8 Å². The van der Waals surface area contributed by atoms with Gasteiger partial charge in [0.25, 0.3) is 5.56 Å². The van der Waals surface area contributed by atoms with E-state index in [0.29, 0.717) is 44.0 Å². The molecule has 1 heterocycles. The number of hydrogen-bond donors (Lipinski definition) is 1. The number of anilines is 1. The molecule has 0 aliphatic rings. The van der Waals surface area contributed by atoms with Gasteiger partial charge in [0.15, 0.2) is 5.16 Å². The van der Waals surface area contributed by atoms with E-state index in [0.717, 1.165) is 0 Å². The molecule has 1 atom stereocenters. The number of nitrogens with one attached hydrogen (secondary N) is 1. The lowest BCUT2D eigenvalue weighted by atomic mass is 10.2. The van der Waals surface area contributed by atoms with Crippen molar-refractivity contribution in [3.63, 3.8) is 0 Å². The van der Waals surface area contributed by atoms with Crippen LogP contribution in [0.3, 0.4) is 0 Å². The van der Waals surface area contributed by atoms with E-state index in [9.17, 15) is 9.59 Å². The Bertz CT molecular complexity index is 1400. The van der Waals surface area contributed by atoms with Crippen molar-refractivity contribution in [1.82, 2.24) is 9.55 Å². The first-order valence-corrected chi connectivity index (χ1v) is 11.6. The zero-order valence-electron chi connectivity index (χ0n) is 18.7. The van der Waals surface area contributed by atoms with Crippen LogP contribution < -0.4 is 20.3 Å². The first-order valence-electron chi connectivity index (χ1n) is 10.4. The molecular weight excluding hydrogens is 474 g/mol. The lowest BCUT2D eigenvalue weighted by Crippen LogP contribution is -2.26. The summed E-state index contributed by atoms with van der Waals surface area (Å²) in [6.07, 6.45) is 0. The number of ether oxygens (including phenoxy) is 2. The number of amides is 1. The molecule has 1 amide bonds. The largest absolute Gasteiger partial charge is 0.497 e. The molecule has 0 fully saturated rings. The molecule has 4 aromatic rings. The second-order valence-corrected chi connectivity index (χ2v) is 9.13. The van der Waals surface area contributed by atoms with Gasteiger partial charge in [-0.25, -0.2) is 4.98 Å². The summed E-state index contributed by atoms with van der Waals surface area (Å²) in [5.74, 6) is 0.849. The number of thioether (sulfide) groups is 1. The minimum Gasteiger partial charge on any atom is -0.497 e. The molecule has 0 aliphatic heterocycles. The van der Waals surface area contributed by atoms with Crippen LogP contribution in [0.15, 0.2) is 76.7 Å². The number of methoxy groups -OCH3 is 2. The Morgan fingerprint density at radius 1 is 1.03 bits per heavy atom. The number of nitrogens with zero attached hydrogens (tertiary/aromatic N) is 2. The van der Waals surface area contributed by atoms with Crippen molar-refractivity contribution in [2.75, 3.05) is 19.5 Å². The number of para-hydroxylation sites is 1. The minimum absolute atomic E-state index is 0.236. The van der Waals surface area contributed by atoms with E-state index in [4.69, 9.17) is 21.1 Å². The molecule has 0 aliphatic carbocycles. The van der Waals surface area contributed by atoms with Crippen LogP contribution in [-0.4, -0.2) is 34.9 Å². The standard InChI is InChI=1S/C25H22ClN3O4S/c1-15(23(30)27-17-12-19(32-2)14-20(13-17)33-3)34-25-28-22-10-5-4-9-21(22)24(31)29(25)18-8-6-7-16(26)11-18/h4-15H,1-3H3,(H,27,30). The van der Waals surface area contributed by atoms with E-state index in [1.165, 1.54) is 16.3 Å². The molecular formula is C25H22ClN3O4S. The second-order valence-electron chi connectivity index (χ2n) is 7.38. The monoisotopic (exact) mass is 495 g/mol. The highest BCUT2D eigenvalue weighted by Gasteiger charge is 2.21. The molecule has 174 valence electrons. The molecule has 9 heteroatoms. The maximum atomic E-state index is 13.4. The van der Waals surface area contributed by atoms with Crippen molar-refractivity contribution >= 4 is 45.9 Å². The molecule has 0 saturated heterocycles. The van der Waals surface area contributed by atoms with Gasteiger partial charge in [0.1, 0.15) is 11.5 Å². The average Bonchev–Trinajstić information content (AvgIpc) is 2.83. The van der Waals surface area contributed by atoms with E-state index in [2.05, 4.69) is 10.3 Å². The zero-order chi connectivity index (χ0) is 24.2. The Balaban J connectivity index is 1.69. The Morgan fingerprint density at radius 2 is 1.74 bits per heavy atom. The predicted octanol–water partition coefficient (Wildman–Crippen LogP) is 5.18. The van der Waals surface area contributed by atoms with Gasteiger partial charge in [-0.1, -0.05) is 41.6 Å². The van der Waals surface area contributed by atoms with Gasteiger partial charge in [0, 0.05) is 28.9 Å². The average molecular weight is 496 g/mol.